The third-order valence-corrected chi connectivity index (χ3v) is 5.24. The molecule has 0 bridgehead atoms. The summed E-state index contributed by atoms with van der Waals surface area (Å²) in [5, 5.41) is 30.6. The van der Waals surface area contributed by atoms with Gasteiger partial charge in [0.05, 0.1) is 16.8 Å². The molecule has 154 valence electrons. The molecule has 1 unspecified atom stereocenters. The fourth-order valence-electron chi connectivity index (χ4n) is 3.40. The number of aliphatic imine (C=N–C) groups is 1. The first-order chi connectivity index (χ1) is 12.8. The van der Waals surface area contributed by atoms with Crippen LogP contribution in [0.2, 0.25) is 0 Å². The average Bonchev–Trinajstić information content (AvgIpc) is 3.03. The second-order valence-corrected chi connectivity index (χ2v) is 9.91. The van der Waals surface area contributed by atoms with Gasteiger partial charge in [-0.2, -0.15) is 0 Å². The van der Waals surface area contributed by atoms with Crippen LogP contribution in [0.25, 0.3) is 0 Å². The monoisotopic (exact) mass is 407 g/mol. The molecule has 2 aliphatic rings. The molecule has 3 rings (SSSR count). The van der Waals surface area contributed by atoms with E-state index < -0.39 is 41.7 Å². The molecule has 1 aromatic rings. The number of fused-ring (bicyclic) bond motifs is 1. The maximum Gasteiger partial charge on any atom is 0.176 e. The third-order valence-electron chi connectivity index (χ3n) is 4.74. The van der Waals surface area contributed by atoms with Crippen LogP contribution in [0.1, 0.15) is 53.5 Å². The van der Waals surface area contributed by atoms with E-state index in [1.807, 2.05) is 41.5 Å². The van der Waals surface area contributed by atoms with Crippen LogP contribution in [0, 0.1) is 15.9 Å². The minimum absolute atomic E-state index is 0.0119. The minimum atomic E-state index is -1.05. The summed E-state index contributed by atoms with van der Waals surface area (Å²) in [6.45, 7) is 11.4. The molecule has 5 atom stereocenters. The molecular weight excluding hydrogens is 378 g/mol. The minimum Gasteiger partial charge on any atom is -0.390 e. The van der Waals surface area contributed by atoms with Gasteiger partial charge in [0.1, 0.15) is 24.7 Å². The number of aliphatic hydroxyl groups is 2. The van der Waals surface area contributed by atoms with Crippen molar-refractivity contribution >= 4 is 22.0 Å². The van der Waals surface area contributed by atoms with Gasteiger partial charge in [-0.1, -0.05) is 20.8 Å². The van der Waals surface area contributed by atoms with Crippen LogP contribution in [0.15, 0.2) is 9.98 Å². The van der Waals surface area contributed by atoms with Crippen LogP contribution in [0.4, 0.5) is 0 Å². The van der Waals surface area contributed by atoms with Crippen LogP contribution >= 0.6 is 0 Å². The number of hydrogen-bond donors (Lipinski definition) is 3. The van der Waals surface area contributed by atoms with Crippen LogP contribution in [0.5, 0.6) is 0 Å². The highest BCUT2D eigenvalue weighted by molar-refractivity contribution is 6.02. The number of nitrogens with one attached hydrogen (secondary N) is 1. The topological polar surface area (TPSA) is 125 Å². The van der Waals surface area contributed by atoms with E-state index in [9.17, 15) is 10.2 Å². The number of ether oxygens (including phenoxy) is 2. The number of hydrogen-bond acceptors (Lipinski definition) is 7. The van der Waals surface area contributed by atoms with Gasteiger partial charge in [0.25, 0.3) is 0 Å². The number of rotatable bonds is 3. The Hall–Kier alpha value is -1.59. The first-order valence-corrected chi connectivity index (χ1v) is 9.98. The lowest BCUT2D eigenvalue weighted by Gasteiger charge is -2.35. The molecule has 9 nitrogen and oxygen atoms in total. The number of imidazole rings is 1. The number of aliphatic hydroxyl groups excluding tert-OH is 2. The van der Waals surface area contributed by atoms with Crippen molar-refractivity contribution in [2.75, 3.05) is 0 Å². The molecule has 0 amide bonds. The largest absolute Gasteiger partial charge is 0.390 e. The first kappa shape index (κ1) is 21.1. The Labute approximate surface area is 166 Å². The van der Waals surface area contributed by atoms with E-state index in [4.69, 9.17) is 14.9 Å². The Balaban J connectivity index is 2.06. The van der Waals surface area contributed by atoms with Gasteiger partial charge < -0.3 is 19.7 Å². The van der Waals surface area contributed by atoms with Crippen molar-refractivity contribution in [3.63, 3.8) is 0 Å². The summed E-state index contributed by atoms with van der Waals surface area (Å²) in [6, 6.07) is 0. The average molecular weight is 408 g/mol. The zero-order valence-electron chi connectivity index (χ0n) is 17.2. The Morgan fingerprint density at radius 2 is 1.93 bits per heavy atom. The molecule has 0 radical (unpaired) electrons. The van der Waals surface area contributed by atoms with Crippen molar-refractivity contribution < 1.29 is 19.7 Å². The van der Waals surface area contributed by atoms with Gasteiger partial charge in [-0.15, -0.1) is 0 Å². The van der Waals surface area contributed by atoms with E-state index in [0.717, 1.165) is 0 Å². The molecule has 1 fully saturated rings. The molecule has 10 heteroatoms. The number of aromatic nitrogens is 2. The highest BCUT2D eigenvalue weighted by atomic mass is 28.1. The Bertz CT molecular complexity index is 914. The Morgan fingerprint density at radius 3 is 2.50 bits per heavy atom. The predicted octanol–water partition coefficient (Wildman–Crippen LogP) is -0.397. The van der Waals surface area contributed by atoms with Crippen molar-refractivity contribution in [2.24, 2.45) is 15.4 Å². The standard InChI is InChI=1S/C18H29N5O4Si/c1-17(2,3)12(25)11-10(27-18(4,5)6)9(24)15(26-11)23-14-8(22-16(23)28)13(19)20-7-21-14/h7,9-12,15,19,24-25H,28H2,1-6H3/t9-,10+,11+,12?,15-/m1/s1. The highest BCUT2D eigenvalue weighted by Gasteiger charge is 2.52. The third kappa shape index (κ3) is 3.79. The molecule has 3 heterocycles. The molecular formula is C18H29N5O4Si. The van der Waals surface area contributed by atoms with E-state index in [1.165, 1.54) is 16.2 Å². The lowest BCUT2D eigenvalue weighted by atomic mass is 9.84. The molecule has 0 spiro atoms. The summed E-state index contributed by atoms with van der Waals surface area (Å²) in [5.74, 6) is 0.0119. The van der Waals surface area contributed by atoms with Crippen LogP contribution in [-0.4, -0.2) is 71.8 Å². The molecule has 2 aliphatic heterocycles. The number of nitrogens with zero attached hydrogens (tertiary/aromatic N) is 4. The zero-order valence-corrected chi connectivity index (χ0v) is 18.6. The summed E-state index contributed by atoms with van der Waals surface area (Å²) in [7, 11) is 1.52. The lowest BCUT2D eigenvalue weighted by molar-refractivity contribution is -0.153. The predicted molar refractivity (Wildman–Crippen MR) is 106 cm³/mol. The SMILES string of the molecule is CC(C)(C)O[C@H]1[C@@H](O)[C@H](n2c(=[SiH2])nc3c2=NC=NC3=N)O[C@@H]1C(O)C(C)(C)C. The maximum absolute atomic E-state index is 11.1. The van der Waals surface area contributed by atoms with E-state index in [1.54, 1.807) is 4.57 Å². The van der Waals surface area contributed by atoms with E-state index >= 15 is 0 Å². The van der Waals surface area contributed by atoms with E-state index in [2.05, 4.69) is 15.0 Å². The second kappa shape index (κ2) is 7.03. The smallest absolute Gasteiger partial charge is 0.176 e. The molecule has 28 heavy (non-hydrogen) atoms. The van der Waals surface area contributed by atoms with Gasteiger partial charge in [-0.25, -0.2) is 15.0 Å². The molecule has 3 N–H and O–H groups in total. The van der Waals surface area contributed by atoms with Gasteiger partial charge in [0.15, 0.2) is 23.2 Å². The quantitative estimate of drug-likeness (QED) is 0.588. The summed E-state index contributed by atoms with van der Waals surface area (Å²) >= 11 is 0. The van der Waals surface area contributed by atoms with Crippen molar-refractivity contribution in [2.45, 2.75) is 77.8 Å². The van der Waals surface area contributed by atoms with Gasteiger partial charge in [-0.05, 0) is 26.2 Å². The second-order valence-electron chi connectivity index (χ2n) is 9.28. The Morgan fingerprint density at radius 1 is 1.29 bits per heavy atom. The van der Waals surface area contributed by atoms with Crippen LogP contribution in [-0.2, 0) is 9.47 Å². The van der Waals surface area contributed by atoms with Crippen molar-refractivity contribution in [3.05, 3.63) is 16.3 Å². The molecule has 1 aromatic heterocycles. The summed E-state index contributed by atoms with van der Waals surface area (Å²) in [5.41, 5.74) is -0.251. The molecule has 0 aromatic carbocycles. The van der Waals surface area contributed by atoms with Gasteiger partial charge in [0.2, 0.25) is 0 Å². The molecule has 0 saturated carbocycles. The molecule has 1 saturated heterocycles. The summed E-state index contributed by atoms with van der Waals surface area (Å²) in [6.07, 6.45) is -2.95. The fraction of sp³-hybridized carbons (Fsp3) is 0.722. The van der Waals surface area contributed by atoms with Crippen molar-refractivity contribution in [1.29, 1.82) is 5.41 Å². The zero-order chi connectivity index (χ0) is 21.0. The summed E-state index contributed by atoms with van der Waals surface area (Å²) in [4.78, 5) is 12.5. The van der Waals surface area contributed by atoms with Crippen LogP contribution in [0.3, 0.4) is 0 Å². The summed E-state index contributed by atoms with van der Waals surface area (Å²) < 4.78 is 13.9. The van der Waals surface area contributed by atoms with Gasteiger partial charge in [-0.3, -0.25) is 9.98 Å². The fourth-order valence-corrected chi connectivity index (χ4v) is 3.89. The highest BCUT2D eigenvalue weighted by Crippen LogP contribution is 2.38. The molecule has 0 aliphatic carbocycles. The maximum atomic E-state index is 11.1. The van der Waals surface area contributed by atoms with E-state index in [-0.39, 0.29) is 5.84 Å². The van der Waals surface area contributed by atoms with Crippen molar-refractivity contribution in [1.82, 2.24) is 9.55 Å². The normalized spacial score (nSPS) is 28.9. The first-order valence-electron chi connectivity index (χ1n) is 9.27. The van der Waals surface area contributed by atoms with Crippen LogP contribution < -0.4 is 5.49 Å². The lowest BCUT2D eigenvalue weighted by Crippen LogP contribution is -2.48. The number of amidine groups is 1. The van der Waals surface area contributed by atoms with Crippen molar-refractivity contribution in [3.8, 4) is 0 Å². The van der Waals surface area contributed by atoms with E-state index in [0.29, 0.717) is 16.3 Å². The van der Waals surface area contributed by atoms with Gasteiger partial charge >= 0.3 is 0 Å². The Kier molecular flexibility index (Phi) is 5.30. The van der Waals surface area contributed by atoms with Gasteiger partial charge in [0, 0.05) is 9.85 Å².